The van der Waals surface area contributed by atoms with Gasteiger partial charge in [0.2, 0.25) is 5.91 Å². The van der Waals surface area contributed by atoms with Crippen molar-refractivity contribution in [1.29, 1.82) is 0 Å². The maximum Gasteiger partial charge on any atom is 0.222 e. The van der Waals surface area contributed by atoms with Crippen LogP contribution in [0.1, 0.15) is 30.4 Å². The predicted octanol–water partition coefficient (Wildman–Crippen LogP) is 2.76. The molecular formula is C23H28N2O5S. The first-order valence-corrected chi connectivity index (χ1v) is 12.4. The predicted molar refractivity (Wildman–Crippen MR) is 117 cm³/mol. The Morgan fingerprint density at radius 3 is 2.52 bits per heavy atom. The number of fused-ring (bicyclic) bond motifs is 1. The number of carbonyl (C=O) groups is 1. The average molecular weight is 445 g/mol. The summed E-state index contributed by atoms with van der Waals surface area (Å²) >= 11 is 0. The molecule has 0 aliphatic carbocycles. The molecule has 1 atom stereocenters. The summed E-state index contributed by atoms with van der Waals surface area (Å²) in [5.74, 6) is 1.02. The van der Waals surface area contributed by atoms with E-state index in [2.05, 4.69) is 0 Å². The van der Waals surface area contributed by atoms with Crippen molar-refractivity contribution in [3.05, 3.63) is 59.7 Å². The molecule has 2 aliphatic rings. The number of para-hydroxylation sites is 1. The molecule has 1 N–H and O–H groups in total. The van der Waals surface area contributed by atoms with E-state index in [4.69, 9.17) is 4.74 Å². The number of sulfonamides is 1. The molecule has 2 heterocycles. The smallest absolute Gasteiger partial charge is 0.222 e. The Kier molecular flexibility index (Phi) is 6.05. The van der Waals surface area contributed by atoms with Crippen molar-refractivity contribution in [2.75, 3.05) is 25.9 Å². The van der Waals surface area contributed by atoms with Gasteiger partial charge in [-0.2, -0.15) is 0 Å². The van der Waals surface area contributed by atoms with Crippen LogP contribution in [0.3, 0.4) is 0 Å². The lowest BCUT2D eigenvalue weighted by Gasteiger charge is -2.42. The molecule has 31 heavy (non-hydrogen) atoms. The average Bonchev–Trinajstić information content (AvgIpc) is 2.90. The third kappa shape index (κ3) is 5.08. The molecule has 2 aromatic carbocycles. The van der Waals surface area contributed by atoms with E-state index in [1.165, 1.54) is 10.6 Å². The minimum Gasteiger partial charge on any atom is -0.598 e. The topological polar surface area (TPSA) is 93.1 Å². The lowest BCUT2D eigenvalue weighted by molar-refractivity contribution is -0.134. The van der Waals surface area contributed by atoms with Crippen LogP contribution in [0.5, 0.6) is 11.5 Å². The van der Waals surface area contributed by atoms with Crippen LogP contribution in [-0.2, 0) is 32.4 Å². The monoisotopic (exact) mass is 444 g/mol. The van der Waals surface area contributed by atoms with Gasteiger partial charge in [0, 0.05) is 37.9 Å². The van der Waals surface area contributed by atoms with Crippen LogP contribution < -0.4 is 4.74 Å². The van der Waals surface area contributed by atoms with Crippen molar-refractivity contribution >= 4 is 16.3 Å². The van der Waals surface area contributed by atoms with Gasteiger partial charge in [0.25, 0.3) is 0 Å². The van der Waals surface area contributed by atoms with E-state index in [-0.39, 0.29) is 18.2 Å². The molecule has 1 unspecified atom stereocenters. The van der Waals surface area contributed by atoms with E-state index in [1.54, 1.807) is 12.1 Å². The van der Waals surface area contributed by atoms with Gasteiger partial charge in [-0.1, -0.05) is 34.5 Å². The van der Waals surface area contributed by atoms with E-state index in [0.717, 1.165) is 16.9 Å². The first kappa shape index (κ1) is 21.8. The molecule has 1 saturated heterocycles. The molecule has 8 heteroatoms. The molecular weight excluding hydrogens is 416 g/mol. The number of piperidine rings is 1. The van der Waals surface area contributed by atoms with E-state index in [1.807, 2.05) is 41.3 Å². The van der Waals surface area contributed by atoms with Gasteiger partial charge < -0.3 is 19.3 Å². The van der Waals surface area contributed by atoms with Crippen LogP contribution in [0.4, 0.5) is 0 Å². The highest BCUT2D eigenvalue weighted by atomic mass is 32.3. The van der Waals surface area contributed by atoms with Gasteiger partial charge in [0.05, 0.1) is 13.1 Å². The summed E-state index contributed by atoms with van der Waals surface area (Å²) in [4.78, 5) is 14.6. The minimum absolute atomic E-state index is 0.0805. The number of likely N-dealkylation sites (tertiary alicyclic amines) is 1. The summed E-state index contributed by atoms with van der Waals surface area (Å²) in [6, 6.07) is 14.5. The first-order valence-electron chi connectivity index (χ1n) is 10.5. The summed E-state index contributed by atoms with van der Waals surface area (Å²) in [5.41, 5.74) is 1.23. The number of phenolic OH excluding ortho intramolecular Hbond substituents is 1. The molecule has 1 spiro atoms. The maximum atomic E-state index is 12.7. The van der Waals surface area contributed by atoms with Crippen LogP contribution in [-0.4, -0.2) is 56.3 Å². The molecule has 4 rings (SSSR count). The highest BCUT2D eigenvalue weighted by molar-refractivity contribution is 7.94. The van der Waals surface area contributed by atoms with Crippen LogP contribution in [0.15, 0.2) is 48.5 Å². The fourth-order valence-corrected chi connectivity index (χ4v) is 5.14. The number of aromatic hydroxyl groups is 1. The number of amides is 1. The van der Waals surface area contributed by atoms with Gasteiger partial charge in [-0.25, -0.2) is 0 Å². The molecule has 0 saturated carbocycles. The summed E-state index contributed by atoms with van der Waals surface area (Å²) < 4.78 is 32.7. The number of hydrogen-bond acceptors (Lipinski definition) is 5. The Balaban J connectivity index is 1.42. The Bertz CT molecular complexity index is 980. The van der Waals surface area contributed by atoms with E-state index in [9.17, 15) is 18.7 Å². The van der Waals surface area contributed by atoms with Crippen molar-refractivity contribution in [1.82, 2.24) is 9.21 Å². The number of phenols is 1. The number of hydrogen-bond donors (Lipinski definition) is 1. The zero-order valence-electron chi connectivity index (χ0n) is 17.7. The number of carbonyl (C=O) groups excluding carboxylic acids is 1. The fraction of sp³-hybridized carbons (Fsp3) is 0.435. The molecule has 2 aliphatic heterocycles. The summed E-state index contributed by atoms with van der Waals surface area (Å²) in [7, 11) is -3.38. The normalized spacial score (nSPS) is 20.4. The minimum atomic E-state index is -3.38. The Morgan fingerprint density at radius 2 is 1.84 bits per heavy atom. The van der Waals surface area contributed by atoms with Crippen LogP contribution in [0.25, 0.3) is 0 Å². The van der Waals surface area contributed by atoms with Gasteiger partial charge in [-0.05, 0) is 30.2 Å². The van der Waals surface area contributed by atoms with Gasteiger partial charge in [-0.15, -0.1) is 4.31 Å². The quantitative estimate of drug-likeness (QED) is 0.732. The molecule has 7 nitrogen and oxygen atoms in total. The lowest BCUT2D eigenvalue weighted by atomic mass is 9.90. The zero-order chi connectivity index (χ0) is 22.1. The van der Waals surface area contributed by atoms with Crippen LogP contribution in [0.2, 0.25) is 0 Å². The number of nitrogens with zero attached hydrogens (tertiary/aromatic N) is 2. The third-order valence-electron chi connectivity index (χ3n) is 6.17. The first-order chi connectivity index (χ1) is 14.7. The van der Waals surface area contributed by atoms with Crippen molar-refractivity contribution in [3.63, 3.8) is 0 Å². The summed E-state index contributed by atoms with van der Waals surface area (Å²) in [6.07, 6.45) is 3.41. The van der Waals surface area contributed by atoms with Gasteiger partial charge >= 0.3 is 0 Å². The number of aryl methyl sites for hydroxylation is 1. The van der Waals surface area contributed by atoms with Gasteiger partial charge in [0.1, 0.15) is 33.8 Å². The van der Waals surface area contributed by atoms with Gasteiger partial charge in [0.15, 0.2) is 0 Å². The van der Waals surface area contributed by atoms with Crippen molar-refractivity contribution in [3.8, 4) is 11.5 Å². The highest BCUT2D eigenvalue weighted by Crippen LogP contribution is 2.37. The van der Waals surface area contributed by atoms with Crippen LogP contribution in [0, 0.1) is 0 Å². The van der Waals surface area contributed by atoms with Crippen molar-refractivity contribution < 1.29 is 23.4 Å². The van der Waals surface area contributed by atoms with E-state index in [0.29, 0.717) is 45.3 Å². The molecule has 0 bridgehead atoms. The lowest BCUT2D eigenvalue weighted by Crippen LogP contribution is -2.55. The Labute approximate surface area is 184 Å². The largest absolute Gasteiger partial charge is 0.598 e. The third-order valence-corrected chi connectivity index (χ3v) is 7.37. The Morgan fingerprint density at radius 1 is 1.16 bits per heavy atom. The van der Waals surface area contributed by atoms with Crippen molar-refractivity contribution in [2.24, 2.45) is 0 Å². The summed E-state index contributed by atoms with van der Waals surface area (Å²) in [6.45, 7) is 1.66. The van der Waals surface area contributed by atoms with E-state index < -0.39 is 16.0 Å². The zero-order valence-corrected chi connectivity index (χ0v) is 18.5. The number of benzene rings is 2. The van der Waals surface area contributed by atoms with Gasteiger partial charge in [-0.3, -0.25) is 4.79 Å². The summed E-state index contributed by atoms with van der Waals surface area (Å²) in [5, 5.41) is 9.38. The maximum absolute atomic E-state index is 12.7. The Hall–Kier alpha value is -2.42. The van der Waals surface area contributed by atoms with E-state index >= 15 is 0 Å². The number of rotatable bonds is 4. The fourth-order valence-electron chi connectivity index (χ4n) is 4.30. The highest BCUT2D eigenvalue weighted by Gasteiger charge is 2.44. The second-order valence-electron chi connectivity index (χ2n) is 8.47. The molecule has 0 radical (unpaired) electrons. The molecule has 1 fully saturated rings. The standard InChI is InChI=1S/C23H28N2O5S/c1-31(28,29)25-16-19-4-2-3-5-21(19)30-23(17-25)12-14-24(15-13-23)22(27)11-8-18-6-9-20(26)10-7-18/h2-7,9-10H,8,11-17H2,1H3,(H-,26,28,29). The second kappa shape index (κ2) is 8.61. The molecule has 166 valence electrons. The molecule has 1 amide bonds. The molecule has 2 aromatic rings. The van der Waals surface area contributed by atoms with Crippen molar-refractivity contribution in [2.45, 2.75) is 37.8 Å². The molecule has 0 aromatic heterocycles. The number of ether oxygens (including phenoxy) is 1. The SMILES string of the molecule is C[S+](=O)([O-])N1Cc2ccccc2OC2(CCN(C(=O)CCc3ccc(O)cc3)CC2)C1. The van der Waals surface area contributed by atoms with Crippen LogP contribution >= 0.6 is 0 Å². The second-order valence-corrected chi connectivity index (χ2v) is 10.5.